The Labute approximate surface area is 153 Å². The van der Waals surface area contributed by atoms with Crippen LogP contribution in [0.25, 0.3) is 0 Å². The van der Waals surface area contributed by atoms with E-state index in [1.54, 1.807) is 18.2 Å². The van der Waals surface area contributed by atoms with Gasteiger partial charge in [0.05, 0.1) is 4.90 Å². The Bertz CT molecular complexity index is 944. The van der Waals surface area contributed by atoms with Crippen molar-refractivity contribution in [2.75, 3.05) is 6.54 Å². The molecule has 0 radical (unpaired) electrons. The van der Waals surface area contributed by atoms with Crippen LogP contribution in [0.4, 0.5) is 0 Å². The number of benzene rings is 2. The largest absolute Gasteiger partial charge is 0.276 e. The summed E-state index contributed by atoms with van der Waals surface area (Å²) in [4.78, 5) is 11.7. The molecule has 1 aliphatic rings. The fourth-order valence-electron chi connectivity index (χ4n) is 3.56. The standard InChI is InChI=1S/C19H20ClNO3S/c1-12-8-13(2)18(14(3)9-12)25(23,24)21-7-6-15-10-16(19(20)22)4-5-17(15)11-21/h4-5,8-10H,6-7,11H2,1-3H3. The van der Waals surface area contributed by atoms with Gasteiger partial charge in [-0.05, 0) is 73.2 Å². The predicted octanol–water partition coefficient (Wildman–Crippen LogP) is 3.74. The van der Waals surface area contributed by atoms with Crippen molar-refractivity contribution in [3.8, 4) is 0 Å². The minimum atomic E-state index is -3.57. The van der Waals surface area contributed by atoms with Crippen molar-refractivity contribution in [1.82, 2.24) is 4.31 Å². The molecule has 0 unspecified atom stereocenters. The van der Waals surface area contributed by atoms with E-state index in [-0.39, 0.29) is 0 Å². The van der Waals surface area contributed by atoms with Crippen molar-refractivity contribution in [3.63, 3.8) is 0 Å². The van der Waals surface area contributed by atoms with Crippen LogP contribution in [0.1, 0.15) is 38.2 Å². The fourth-order valence-corrected chi connectivity index (χ4v) is 5.51. The summed E-state index contributed by atoms with van der Waals surface area (Å²) in [6, 6.07) is 9.00. The Balaban J connectivity index is 1.97. The average Bonchev–Trinajstić information content (AvgIpc) is 2.52. The number of nitrogens with zero attached hydrogens (tertiary/aromatic N) is 1. The highest BCUT2D eigenvalue weighted by molar-refractivity contribution is 7.89. The second kappa shape index (κ2) is 6.56. The van der Waals surface area contributed by atoms with Gasteiger partial charge < -0.3 is 0 Å². The van der Waals surface area contributed by atoms with Crippen molar-refractivity contribution >= 4 is 26.9 Å². The minimum Gasteiger partial charge on any atom is -0.276 e. The normalized spacial score (nSPS) is 15.0. The molecule has 1 aliphatic heterocycles. The van der Waals surface area contributed by atoms with Crippen molar-refractivity contribution < 1.29 is 13.2 Å². The lowest BCUT2D eigenvalue weighted by Gasteiger charge is -2.29. The number of hydrogen-bond donors (Lipinski definition) is 0. The van der Waals surface area contributed by atoms with E-state index in [1.165, 1.54) is 4.31 Å². The molecule has 0 amide bonds. The van der Waals surface area contributed by atoms with Crippen LogP contribution in [0.5, 0.6) is 0 Å². The van der Waals surface area contributed by atoms with Gasteiger partial charge in [-0.25, -0.2) is 8.42 Å². The Hall–Kier alpha value is -1.69. The van der Waals surface area contributed by atoms with E-state index in [4.69, 9.17) is 11.6 Å². The first-order chi connectivity index (χ1) is 11.7. The molecular weight excluding hydrogens is 358 g/mol. The van der Waals surface area contributed by atoms with Crippen LogP contribution < -0.4 is 0 Å². The van der Waals surface area contributed by atoms with Gasteiger partial charge in [0.25, 0.3) is 5.24 Å². The third kappa shape index (κ3) is 3.36. The number of aryl methyl sites for hydroxylation is 3. The quantitative estimate of drug-likeness (QED) is 0.765. The van der Waals surface area contributed by atoms with Crippen LogP contribution in [0.3, 0.4) is 0 Å². The lowest BCUT2D eigenvalue weighted by atomic mass is 9.99. The van der Waals surface area contributed by atoms with E-state index >= 15 is 0 Å². The summed E-state index contributed by atoms with van der Waals surface area (Å²) in [5.41, 5.74) is 4.94. The highest BCUT2D eigenvalue weighted by Gasteiger charge is 2.31. The minimum absolute atomic E-state index is 0.307. The van der Waals surface area contributed by atoms with Crippen LogP contribution in [-0.4, -0.2) is 24.5 Å². The molecule has 132 valence electrons. The number of carbonyl (C=O) groups is 1. The van der Waals surface area contributed by atoms with Gasteiger partial charge >= 0.3 is 0 Å². The number of fused-ring (bicyclic) bond motifs is 1. The van der Waals surface area contributed by atoms with Crippen molar-refractivity contribution in [2.24, 2.45) is 0 Å². The van der Waals surface area contributed by atoms with Gasteiger partial charge in [0.2, 0.25) is 10.0 Å². The van der Waals surface area contributed by atoms with Gasteiger partial charge in [0, 0.05) is 18.7 Å². The average molecular weight is 378 g/mol. The number of sulfonamides is 1. The second-order valence-corrected chi connectivity index (χ2v) is 8.79. The molecular formula is C19H20ClNO3S. The summed E-state index contributed by atoms with van der Waals surface area (Å²) in [5, 5.41) is -0.497. The molecule has 3 rings (SSSR count). The van der Waals surface area contributed by atoms with Crippen molar-refractivity contribution in [3.05, 3.63) is 63.7 Å². The van der Waals surface area contributed by atoms with E-state index in [0.717, 1.165) is 27.8 Å². The van der Waals surface area contributed by atoms with Crippen LogP contribution in [0.15, 0.2) is 35.2 Å². The fraction of sp³-hybridized carbons (Fsp3) is 0.316. The molecule has 6 heteroatoms. The number of rotatable bonds is 3. The third-order valence-electron chi connectivity index (χ3n) is 4.61. The Morgan fingerprint density at radius 2 is 1.68 bits per heavy atom. The summed E-state index contributed by atoms with van der Waals surface area (Å²) in [5.74, 6) is 0. The Morgan fingerprint density at radius 1 is 1.04 bits per heavy atom. The predicted molar refractivity (Wildman–Crippen MR) is 98.6 cm³/mol. The summed E-state index contributed by atoms with van der Waals surface area (Å²) in [6.45, 7) is 6.33. The van der Waals surface area contributed by atoms with Crippen LogP contribution in [-0.2, 0) is 23.0 Å². The first kappa shape index (κ1) is 18.1. The molecule has 25 heavy (non-hydrogen) atoms. The maximum absolute atomic E-state index is 13.2. The van der Waals surface area contributed by atoms with Gasteiger partial charge in [0.15, 0.2) is 0 Å². The molecule has 1 heterocycles. The van der Waals surface area contributed by atoms with Gasteiger partial charge in [-0.2, -0.15) is 4.31 Å². The molecule has 2 aromatic carbocycles. The van der Waals surface area contributed by atoms with Crippen LogP contribution in [0.2, 0.25) is 0 Å². The molecule has 0 saturated carbocycles. The summed E-state index contributed by atoms with van der Waals surface area (Å²) >= 11 is 5.53. The van der Waals surface area contributed by atoms with E-state index < -0.39 is 15.3 Å². The van der Waals surface area contributed by atoms with E-state index in [9.17, 15) is 13.2 Å². The molecule has 0 atom stereocenters. The highest BCUT2D eigenvalue weighted by Crippen LogP contribution is 2.30. The molecule has 0 fully saturated rings. The molecule has 2 aromatic rings. The SMILES string of the molecule is Cc1cc(C)c(S(=O)(=O)N2CCc3cc(C(=O)Cl)ccc3C2)c(C)c1. The maximum atomic E-state index is 13.2. The third-order valence-corrected chi connectivity index (χ3v) is 6.98. The molecule has 0 N–H and O–H groups in total. The van der Waals surface area contributed by atoms with E-state index in [2.05, 4.69) is 0 Å². The van der Waals surface area contributed by atoms with Gasteiger partial charge in [-0.3, -0.25) is 4.79 Å². The van der Waals surface area contributed by atoms with E-state index in [1.807, 2.05) is 32.9 Å². The zero-order valence-electron chi connectivity index (χ0n) is 14.5. The molecule has 0 saturated heterocycles. The first-order valence-electron chi connectivity index (χ1n) is 8.10. The maximum Gasteiger partial charge on any atom is 0.252 e. The molecule has 4 nitrogen and oxygen atoms in total. The Kier molecular flexibility index (Phi) is 4.75. The zero-order valence-corrected chi connectivity index (χ0v) is 16.0. The summed E-state index contributed by atoms with van der Waals surface area (Å²) < 4.78 is 27.9. The number of halogens is 1. The van der Waals surface area contributed by atoms with Crippen molar-refractivity contribution in [1.29, 1.82) is 0 Å². The second-order valence-electron chi connectivity index (χ2n) is 6.57. The van der Waals surface area contributed by atoms with Gasteiger partial charge in [-0.15, -0.1) is 0 Å². The van der Waals surface area contributed by atoms with Crippen LogP contribution >= 0.6 is 11.6 Å². The monoisotopic (exact) mass is 377 g/mol. The molecule has 0 aliphatic carbocycles. The summed E-state index contributed by atoms with van der Waals surface area (Å²) in [7, 11) is -3.57. The highest BCUT2D eigenvalue weighted by atomic mass is 35.5. The molecule has 0 bridgehead atoms. The molecule has 0 spiro atoms. The van der Waals surface area contributed by atoms with Crippen LogP contribution in [0, 0.1) is 20.8 Å². The first-order valence-corrected chi connectivity index (χ1v) is 9.91. The number of carbonyl (C=O) groups excluding carboxylic acids is 1. The zero-order chi connectivity index (χ0) is 18.4. The lowest BCUT2D eigenvalue weighted by Crippen LogP contribution is -2.36. The van der Waals surface area contributed by atoms with E-state index in [0.29, 0.717) is 30.0 Å². The van der Waals surface area contributed by atoms with Crippen molar-refractivity contribution in [2.45, 2.75) is 38.6 Å². The van der Waals surface area contributed by atoms with Gasteiger partial charge in [-0.1, -0.05) is 23.8 Å². The topological polar surface area (TPSA) is 54.5 Å². The summed E-state index contributed by atoms with van der Waals surface area (Å²) in [6.07, 6.45) is 0.566. The Morgan fingerprint density at radius 3 is 2.28 bits per heavy atom. The lowest BCUT2D eigenvalue weighted by molar-refractivity contribution is 0.108. The molecule has 0 aromatic heterocycles. The number of hydrogen-bond acceptors (Lipinski definition) is 3. The van der Waals surface area contributed by atoms with Gasteiger partial charge in [0.1, 0.15) is 0 Å². The smallest absolute Gasteiger partial charge is 0.252 e.